The van der Waals surface area contributed by atoms with E-state index >= 15 is 0 Å². The molecule has 0 spiro atoms. The van der Waals surface area contributed by atoms with Gasteiger partial charge in [0.1, 0.15) is 0 Å². The number of carbonyl (C=O) groups is 1. The molecule has 4 rings (SSSR count). The third kappa shape index (κ3) is 3.94. The Kier molecular flexibility index (Phi) is 5.31. The predicted molar refractivity (Wildman–Crippen MR) is 114 cm³/mol. The molecule has 2 aromatic heterocycles. The van der Waals surface area contributed by atoms with E-state index in [1.165, 1.54) is 0 Å². The van der Waals surface area contributed by atoms with Gasteiger partial charge in [0.2, 0.25) is 5.89 Å². The van der Waals surface area contributed by atoms with Crippen LogP contribution < -0.4 is 0 Å². The van der Waals surface area contributed by atoms with Gasteiger partial charge in [-0.2, -0.15) is 0 Å². The van der Waals surface area contributed by atoms with Gasteiger partial charge in [0.15, 0.2) is 6.10 Å². The minimum atomic E-state index is -0.682. The molecule has 1 atom stereocenters. The third-order valence-corrected chi connectivity index (χ3v) is 4.92. The molecule has 2 heterocycles. The fourth-order valence-corrected chi connectivity index (χ4v) is 3.15. The first-order valence-corrected chi connectivity index (χ1v) is 9.93. The van der Waals surface area contributed by atoms with Crippen molar-refractivity contribution in [2.75, 3.05) is 0 Å². The van der Waals surface area contributed by atoms with Crippen LogP contribution in [0.4, 0.5) is 0 Å². The van der Waals surface area contributed by atoms with E-state index in [0.717, 1.165) is 27.7 Å². The Morgan fingerprint density at radius 1 is 1.00 bits per heavy atom. The van der Waals surface area contributed by atoms with Crippen LogP contribution in [0.3, 0.4) is 0 Å². The zero-order valence-corrected chi connectivity index (χ0v) is 17.4. The summed E-state index contributed by atoms with van der Waals surface area (Å²) in [5.74, 6) is 0.385. The zero-order valence-electron chi connectivity index (χ0n) is 17.4. The summed E-state index contributed by atoms with van der Waals surface area (Å²) in [7, 11) is 0. The number of para-hydroxylation sites is 1. The monoisotopic (exact) mass is 401 g/mol. The third-order valence-electron chi connectivity index (χ3n) is 4.92. The quantitative estimate of drug-likeness (QED) is 0.403. The molecule has 0 N–H and O–H groups in total. The fraction of sp³-hybridized carbons (Fsp3) is 0.250. The number of ether oxygens (including phenoxy) is 1. The van der Waals surface area contributed by atoms with E-state index in [2.05, 4.69) is 15.2 Å². The summed E-state index contributed by atoms with van der Waals surface area (Å²) in [4.78, 5) is 17.6. The molecule has 152 valence electrons. The van der Waals surface area contributed by atoms with Crippen LogP contribution in [0, 0.1) is 6.92 Å². The topological polar surface area (TPSA) is 78.1 Å². The highest BCUT2D eigenvalue weighted by molar-refractivity contribution is 6.03. The number of rotatable bonds is 5. The van der Waals surface area contributed by atoms with Crippen molar-refractivity contribution in [3.8, 4) is 11.5 Å². The largest absolute Gasteiger partial charge is 0.449 e. The number of hydrogen-bond acceptors (Lipinski definition) is 6. The number of fused-ring (bicyclic) bond motifs is 1. The van der Waals surface area contributed by atoms with Gasteiger partial charge in [-0.05, 0) is 44.0 Å². The molecule has 0 fully saturated rings. The highest BCUT2D eigenvalue weighted by Crippen LogP contribution is 2.27. The second-order valence-electron chi connectivity index (χ2n) is 7.63. The Morgan fingerprint density at radius 3 is 2.47 bits per heavy atom. The number of aromatic nitrogens is 3. The van der Waals surface area contributed by atoms with Gasteiger partial charge in [-0.3, -0.25) is 4.98 Å². The van der Waals surface area contributed by atoms with Crippen molar-refractivity contribution in [1.82, 2.24) is 15.2 Å². The highest BCUT2D eigenvalue weighted by Gasteiger charge is 2.22. The first kappa shape index (κ1) is 19.8. The zero-order chi connectivity index (χ0) is 21.3. The van der Waals surface area contributed by atoms with Crippen LogP contribution in [0.15, 0.2) is 59.0 Å². The fourth-order valence-electron chi connectivity index (χ4n) is 3.15. The first-order chi connectivity index (χ1) is 14.4. The van der Waals surface area contributed by atoms with Crippen LogP contribution >= 0.6 is 0 Å². The summed E-state index contributed by atoms with van der Waals surface area (Å²) in [5.41, 5.74) is 4.05. The van der Waals surface area contributed by atoms with Crippen LogP contribution in [0.5, 0.6) is 0 Å². The summed E-state index contributed by atoms with van der Waals surface area (Å²) in [5, 5.41) is 8.90. The molecule has 30 heavy (non-hydrogen) atoms. The maximum absolute atomic E-state index is 13.0. The minimum absolute atomic E-state index is 0.187. The maximum atomic E-state index is 13.0. The number of aryl methyl sites for hydroxylation is 1. The normalized spacial score (nSPS) is 12.3. The van der Waals surface area contributed by atoms with Crippen molar-refractivity contribution >= 4 is 16.9 Å². The predicted octanol–water partition coefficient (Wildman–Crippen LogP) is 5.63. The van der Waals surface area contributed by atoms with Crippen molar-refractivity contribution in [2.24, 2.45) is 0 Å². The molecule has 0 radical (unpaired) electrons. The second-order valence-corrected chi connectivity index (χ2v) is 7.63. The van der Waals surface area contributed by atoms with Crippen molar-refractivity contribution < 1.29 is 13.9 Å². The molecule has 6 nitrogen and oxygen atoms in total. The van der Waals surface area contributed by atoms with E-state index in [1.54, 1.807) is 13.0 Å². The first-order valence-electron chi connectivity index (χ1n) is 9.93. The Bertz CT molecular complexity index is 1200. The summed E-state index contributed by atoms with van der Waals surface area (Å²) >= 11 is 0. The molecule has 0 amide bonds. The summed E-state index contributed by atoms with van der Waals surface area (Å²) in [6.07, 6.45) is -0.682. The van der Waals surface area contributed by atoms with Gasteiger partial charge in [-0.25, -0.2) is 4.79 Å². The summed E-state index contributed by atoms with van der Waals surface area (Å²) < 4.78 is 11.4. The SMILES string of the molecule is Cc1ccc(-c2nnc([C@@H](C)OC(=O)c3cc(C(C)C)nc4ccccc34)o2)cc1. The number of esters is 1. The lowest BCUT2D eigenvalue weighted by molar-refractivity contribution is 0.0282. The van der Waals surface area contributed by atoms with Crippen molar-refractivity contribution in [3.05, 3.63) is 77.3 Å². The van der Waals surface area contributed by atoms with Gasteiger partial charge in [-0.15, -0.1) is 10.2 Å². The molecular weight excluding hydrogens is 378 g/mol. The van der Waals surface area contributed by atoms with Gasteiger partial charge < -0.3 is 9.15 Å². The molecular formula is C24H23N3O3. The van der Waals surface area contributed by atoms with Gasteiger partial charge in [0.25, 0.3) is 5.89 Å². The standard InChI is InChI=1S/C24H23N3O3/c1-14(2)21-13-19(18-7-5-6-8-20(18)25-21)24(28)29-16(4)22-26-27-23(30-22)17-11-9-15(3)10-12-17/h5-14,16H,1-4H3/t16-/m1/s1. The van der Waals surface area contributed by atoms with Crippen LogP contribution in [0.25, 0.3) is 22.4 Å². The van der Waals surface area contributed by atoms with E-state index in [-0.39, 0.29) is 11.8 Å². The van der Waals surface area contributed by atoms with Crippen LogP contribution in [0.1, 0.15) is 60.3 Å². The van der Waals surface area contributed by atoms with E-state index in [1.807, 2.05) is 69.3 Å². The molecule has 0 aliphatic carbocycles. The average molecular weight is 401 g/mol. The van der Waals surface area contributed by atoms with Crippen LogP contribution in [-0.4, -0.2) is 21.2 Å². The minimum Gasteiger partial charge on any atom is -0.449 e. The van der Waals surface area contributed by atoms with Crippen molar-refractivity contribution in [2.45, 2.75) is 39.7 Å². The Hall–Kier alpha value is -3.54. The van der Waals surface area contributed by atoms with Gasteiger partial charge in [0.05, 0.1) is 11.1 Å². The molecule has 0 unspecified atom stereocenters. The molecule has 4 aromatic rings. The molecule has 6 heteroatoms. The van der Waals surface area contributed by atoms with Crippen LogP contribution in [0.2, 0.25) is 0 Å². The van der Waals surface area contributed by atoms with E-state index in [9.17, 15) is 4.79 Å². The smallest absolute Gasteiger partial charge is 0.339 e. The Morgan fingerprint density at radius 2 is 1.73 bits per heavy atom. The Balaban J connectivity index is 1.59. The number of pyridine rings is 1. The van der Waals surface area contributed by atoms with Gasteiger partial charge in [-0.1, -0.05) is 49.7 Å². The van der Waals surface area contributed by atoms with Gasteiger partial charge >= 0.3 is 5.97 Å². The number of carbonyl (C=O) groups excluding carboxylic acids is 1. The van der Waals surface area contributed by atoms with Crippen LogP contribution in [-0.2, 0) is 4.74 Å². The molecule has 0 aliphatic heterocycles. The molecule has 2 aromatic carbocycles. The number of hydrogen-bond donors (Lipinski definition) is 0. The average Bonchev–Trinajstić information content (AvgIpc) is 3.23. The lowest BCUT2D eigenvalue weighted by Crippen LogP contribution is -2.11. The van der Waals surface area contributed by atoms with Crippen molar-refractivity contribution in [1.29, 1.82) is 0 Å². The molecule has 0 bridgehead atoms. The second kappa shape index (κ2) is 8.06. The van der Waals surface area contributed by atoms with E-state index in [4.69, 9.17) is 9.15 Å². The Labute approximate surface area is 174 Å². The van der Waals surface area contributed by atoms with Crippen molar-refractivity contribution in [3.63, 3.8) is 0 Å². The molecule has 0 saturated carbocycles. The number of benzene rings is 2. The summed E-state index contributed by atoms with van der Waals surface area (Å²) in [6, 6.07) is 17.1. The van der Waals surface area contributed by atoms with E-state index in [0.29, 0.717) is 11.5 Å². The molecule has 0 saturated heterocycles. The van der Waals surface area contributed by atoms with E-state index < -0.39 is 12.1 Å². The van der Waals surface area contributed by atoms with Gasteiger partial charge in [0, 0.05) is 16.6 Å². The maximum Gasteiger partial charge on any atom is 0.339 e. The number of nitrogens with zero attached hydrogens (tertiary/aromatic N) is 3. The lowest BCUT2D eigenvalue weighted by atomic mass is 10.0. The summed E-state index contributed by atoms with van der Waals surface area (Å²) in [6.45, 7) is 7.81. The lowest BCUT2D eigenvalue weighted by Gasteiger charge is -2.13. The highest BCUT2D eigenvalue weighted by atomic mass is 16.6. The molecule has 0 aliphatic rings.